The van der Waals surface area contributed by atoms with Crippen LogP contribution in [0.3, 0.4) is 0 Å². The van der Waals surface area contributed by atoms with Crippen LogP contribution in [0.15, 0.2) is 23.3 Å². The minimum absolute atomic E-state index is 0.325. The summed E-state index contributed by atoms with van der Waals surface area (Å²) in [6, 6.07) is 0. The predicted octanol–water partition coefficient (Wildman–Crippen LogP) is 6.50. The maximum absolute atomic E-state index is 14.3. The van der Waals surface area contributed by atoms with Crippen LogP contribution in [0.5, 0.6) is 0 Å². The van der Waals surface area contributed by atoms with E-state index < -0.39 is 35.2 Å². The number of rotatable bonds is 6. The Morgan fingerprint density at radius 2 is 1.60 bits per heavy atom. The number of ether oxygens (including phenoxy) is 1. The molecule has 2 rings (SSSR count). The summed E-state index contributed by atoms with van der Waals surface area (Å²) in [5.74, 6) is -9.19. The van der Waals surface area contributed by atoms with Gasteiger partial charge in [-0.05, 0) is 44.1 Å². The molecule has 0 aromatic carbocycles. The molecular weight excluding hydrogens is 346 g/mol. The molecule has 0 unspecified atom stereocenters. The van der Waals surface area contributed by atoms with Crippen LogP contribution in [0.25, 0.3) is 0 Å². The van der Waals surface area contributed by atoms with Crippen molar-refractivity contribution in [2.24, 2.45) is 5.92 Å². The number of hydrogen-bond donors (Lipinski definition) is 0. The van der Waals surface area contributed by atoms with Gasteiger partial charge in [-0.2, -0.15) is 26.3 Å². The van der Waals surface area contributed by atoms with Crippen LogP contribution < -0.4 is 0 Å². The molecule has 0 aromatic rings. The zero-order valence-electron chi connectivity index (χ0n) is 14.4. The highest BCUT2D eigenvalue weighted by atomic mass is 19.3. The summed E-state index contributed by atoms with van der Waals surface area (Å²) in [5.41, 5.74) is -2.82. The van der Waals surface area contributed by atoms with Crippen molar-refractivity contribution in [1.82, 2.24) is 0 Å². The first-order chi connectivity index (χ1) is 11.6. The Bertz CT molecular complexity index is 530. The van der Waals surface area contributed by atoms with Crippen LogP contribution in [0.1, 0.15) is 58.8 Å². The van der Waals surface area contributed by atoms with E-state index in [-0.39, 0.29) is 6.42 Å². The van der Waals surface area contributed by atoms with Crippen LogP contribution in [-0.2, 0) is 4.74 Å². The van der Waals surface area contributed by atoms with Gasteiger partial charge in [-0.15, -0.1) is 0 Å². The Morgan fingerprint density at radius 1 is 1.00 bits per heavy atom. The van der Waals surface area contributed by atoms with Gasteiger partial charge in [0.05, 0.1) is 6.10 Å². The second-order valence-corrected chi connectivity index (χ2v) is 6.84. The van der Waals surface area contributed by atoms with Gasteiger partial charge in [0, 0.05) is 5.57 Å². The summed E-state index contributed by atoms with van der Waals surface area (Å²) < 4.78 is 89.1. The lowest BCUT2D eigenvalue weighted by atomic mass is 9.84. The molecule has 144 valence electrons. The lowest BCUT2D eigenvalue weighted by Crippen LogP contribution is -2.51. The van der Waals surface area contributed by atoms with E-state index in [2.05, 4.69) is 4.74 Å². The molecule has 0 spiro atoms. The first kappa shape index (κ1) is 20.3. The summed E-state index contributed by atoms with van der Waals surface area (Å²) in [4.78, 5) is 0. The van der Waals surface area contributed by atoms with Crippen molar-refractivity contribution in [2.75, 3.05) is 0 Å². The Morgan fingerprint density at radius 3 is 2.12 bits per heavy atom. The smallest absolute Gasteiger partial charge is 0.313 e. The van der Waals surface area contributed by atoms with Gasteiger partial charge < -0.3 is 4.74 Å². The summed E-state index contributed by atoms with van der Waals surface area (Å²) in [7, 11) is 0. The van der Waals surface area contributed by atoms with E-state index in [4.69, 9.17) is 0 Å². The minimum atomic E-state index is -4.98. The predicted molar refractivity (Wildman–Crippen MR) is 83.0 cm³/mol. The Labute approximate surface area is 144 Å². The molecule has 0 bridgehead atoms. The van der Waals surface area contributed by atoms with Crippen molar-refractivity contribution in [2.45, 2.75) is 82.9 Å². The lowest BCUT2D eigenvalue weighted by Gasteiger charge is -2.37. The van der Waals surface area contributed by atoms with E-state index in [1.807, 2.05) is 6.92 Å². The summed E-state index contributed by atoms with van der Waals surface area (Å²) in [6.45, 7) is 3.31. The molecule has 0 heterocycles. The number of allylic oxidation sites excluding steroid dienone is 3. The van der Waals surface area contributed by atoms with Gasteiger partial charge in [-0.3, -0.25) is 0 Å². The molecule has 2 aliphatic rings. The second-order valence-electron chi connectivity index (χ2n) is 6.84. The fourth-order valence-corrected chi connectivity index (χ4v) is 3.60. The molecule has 0 N–H and O–H groups in total. The molecule has 0 aromatic heterocycles. The van der Waals surface area contributed by atoms with Gasteiger partial charge in [-0.1, -0.05) is 32.8 Å². The Balaban J connectivity index is 2.14. The molecule has 7 heteroatoms. The molecule has 2 aliphatic carbocycles. The van der Waals surface area contributed by atoms with Crippen molar-refractivity contribution in [3.63, 3.8) is 0 Å². The molecule has 0 saturated heterocycles. The largest absolute Gasteiger partial charge is 0.385 e. The van der Waals surface area contributed by atoms with Crippen molar-refractivity contribution in [3.05, 3.63) is 23.3 Å². The highest BCUT2D eigenvalue weighted by molar-refractivity contribution is 5.40. The SMILES string of the molecule is CCCC1CCC(OC(F)(F)C2=CC=C(CC)C(F)(F)C2(F)F)CC1. The van der Waals surface area contributed by atoms with Gasteiger partial charge in [0.25, 0.3) is 0 Å². The number of halogens is 6. The average Bonchev–Trinajstić information content (AvgIpc) is 2.51. The van der Waals surface area contributed by atoms with E-state index in [0.717, 1.165) is 12.8 Å². The molecule has 0 aliphatic heterocycles. The monoisotopic (exact) mass is 370 g/mol. The Kier molecular flexibility index (Phi) is 5.96. The van der Waals surface area contributed by atoms with Crippen molar-refractivity contribution >= 4 is 0 Å². The van der Waals surface area contributed by atoms with Gasteiger partial charge in [0.2, 0.25) is 0 Å². The summed E-state index contributed by atoms with van der Waals surface area (Å²) in [6.07, 6.45) is -0.635. The van der Waals surface area contributed by atoms with Gasteiger partial charge >= 0.3 is 18.0 Å². The van der Waals surface area contributed by atoms with Crippen LogP contribution in [0.2, 0.25) is 0 Å². The highest BCUT2D eigenvalue weighted by Gasteiger charge is 2.67. The first-order valence-corrected chi connectivity index (χ1v) is 8.79. The highest BCUT2D eigenvalue weighted by Crippen LogP contribution is 2.53. The minimum Gasteiger partial charge on any atom is -0.313 e. The molecule has 1 saturated carbocycles. The molecule has 25 heavy (non-hydrogen) atoms. The second kappa shape index (κ2) is 7.33. The molecule has 0 amide bonds. The van der Waals surface area contributed by atoms with Crippen LogP contribution in [-0.4, -0.2) is 24.1 Å². The standard InChI is InChI=1S/C18H24F6O/c1-3-5-12-6-9-14(10-7-12)25-18(23,24)15-11-8-13(4-2)16(19,20)17(15,21)22/h8,11-12,14H,3-7,9-10H2,1-2H3. The lowest BCUT2D eigenvalue weighted by molar-refractivity contribution is -0.273. The maximum atomic E-state index is 14.3. The molecule has 0 atom stereocenters. The van der Waals surface area contributed by atoms with E-state index >= 15 is 0 Å². The third-order valence-electron chi connectivity index (χ3n) is 5.09. The van der Waals surface area contributed by atoms with E-state index in [1.165, 1.54) is 6.92 Å². The molecule has 0 radical (unpaired) electrons. The van der Waals surface area contributed by atoms with E-state index in [1.54, 1.807) is 0 Å². The first-order valence-electron chi connectivity index (χ1n) is 8.79. The summed E-state index contributed by atoms with van der Waals surface area (Å²) >= 11 is 0. The quantitative estimate of drug-likeness (QED) is 0.485. The zero-order valence-corrected chi connectivity index (χ0v) is 14.4. The molecule has 1 nitrogen and oxygen atoms in total. The fourth-order valence-electron chi connectivity index (χ4n) is 3.60. The number of alkyl halides is 6. The third-order valence-corrected chi connectivity index (χ3v) is 5.09. The van der Waals surface area contributed by atoms with Crippen molar-refractivity contribution in [1.29, 1.82) is 0 Å². The summed E-state index contributed by atoms with van der Waals surface area (Å²) in [5, 5.41) is 0. The van der Waals surface area contributed by atoms with Crippen LogP contribution in [0, 0.1) is 5.92 Å². The number of hydrogen-bond acceptors (Lipinski definition) is 1. The van der Waals surface area contributed by atoms with Gasteiger partial charge in [0.15, 0.2) is 0 Å². The Hall–Kier alpha value is -0.980. The fraction of sp³-hybridized carbons (Fsp3) is 0.778. The van der Waals surface area contributed by atoms with Crippen LogP contribution >= 0.6 is 0 Å². The van der Waals surface area contributed by atoms with E-state index in [0.29, 0.717) is 43.8 Å². The maximum Gasteiger partial charge on any atom is 0.385 e. The van der Waals surface area contributed by atoms with Crippen LogP contribution in [0.4, 0.5) is 26.3 Å². The average molecular weight is 370 g/mol. The normalized spacial score (nSPS) is 29.1. The van der Waals surface area contributed by atoms with Crippen molar-refractivity contribution in [3.8, 4) is 0 Å². The molecular formula is C18H24F6O. The van der Waals surface area contributed by atoms with Crippen molar-refractivity contribution < 1.29 is 31.1 Å². The van der Waals surface area contributed by atoms with Gasteiger partial charge in [-0.25, -0.2) is 0 Å². The van der Waals surface area contributed by atoms with Gasteiger partial charge in [0.1, 0.15) is 5.57 Å². The zero-order chi connectivity index (χ0) is 18.9. The third kappa shape index (κ3) is 3.91. The van der Waals surface area contributed by atoms with E-state index in [9.17, 15) is 26.3 Å². The molecule has 1 fully saturated rings. The topological polar surface area (TPSA) is 9.23 Å².